The number of fused-ring (bicyclic) bond motifs is 3. The van der Waals surface area contributed by atoms with Crippen LogP contribution in [-0.4, -0.2) is 39.3 Å². The van der Waals surface area contributed by atoms with E-state index in [1.54, 1.807) is 0 Å². The highest BCUT2D eigenvalue weighted by Crippen LogP contribution is 2.43. The summed E-state index contributed by atoms with van der Waals surface area (Å²) in [6.45, 7) is 7.94. The van der Waals surface area contributed by atoms with Crippen molar-refractivity contribution in [2.75, 3.05) is 0 Å². The number of carbonyl (C=O) groups is 1. The molecule has 3 heterocycles. The molecule has 0 aliphatic carbocycles. The lowest BCUT2D eigenvalue weighted by molar-refractivity contribution is -0.153. The Balaban J connectivity index is 1.97. The van der Waals surface area contributed by atoms with Gasteiger partial charge in [-0.05, 0) is 77.9 Å². The molecule has 3 aliphatic heterocycles. The third-order valence-corrected chi connectivity index (χ3v) is 7.59. The molecule has 25 heavy (non-hydrogen) atoms. The normalized spacial score (nSPS) is 45.0. The van der Waals surface area contributed by atoms with Gasteiger partial charge in [0.15, 0.2) is 0 Å². The molecule has 1 fully saturated rings. The van der Waals surface area contributed by atoms with Crippen molar-refractivity contribution in [2.45, 2.75) is 94.5 Å². The second-order valence-electron chi connectivity index (χ2n) is 8.31. The van der Waals surface area contributed by atoms with Crippen LogP contribution in [0.2, 0.25) is 0 Å². The highest BCUT2D eigenvalue weighted by molar-refractivity contribution is 9.09. The van der Waals surface area contributed by atoms with E-state index < -0.39 is 5.60 Å². The first-order chi connectivity index (χ1) is 11.6. The number of allylic oxidation sites excluding steroid dienone is 1. The van der Waals surface area contributed by atoms with Gasteiger partial charge in [0.1, 0.15) is 6.10 Å². The maximum Gasteiger partial charge on any atom is 0.334 e. The molecule has 3 rings (SSSR count). The third-order valence-electron chi connectivity index (χ3n) is 6.16. The minimum absolute atomic E-state index is 0.170. The average Bonchev–Trinajstić information content (AvgIpc) is 2.74. The molecule has 0 aromatic carbocycles. The van der Waals surface area contributed by atoms with Gasteiger partial charge < -0.3 is 14.6 Å². The van der Waals surface area contributed by atoms with Crippen molar-refractivity contribution in [1.29, 1.82) is 0 Å². The minimum atomic E-state index is -0.824. The van der Waals surface area contributed by atoms with Crippen molar-refractivity contribution in [3.05, 3.63) is 22.8 Å². The van der Waals surface area contributed by atoms with E-state index in [1.165, 1.54) is 5.57 Å². The SMILES string of the molecule is CC1=C2CC[C@]3(C)O[C@H](CC/C(C)=C/[C@@H]2OC1=O)[C@@](C)(O)CC[C@H]3Br. The molecule has 0 amide bonds. The van der Waals surface area contributed by atoms with Crippen LogP contribution in [0.5, 0.6) is 0 Å². The van der Waals surface area contributed by atoms with Crippen molar-refractivity contribution >= 4 is 21.9 Å². The van der Waals surface area contributed by atoms with Crippen molar-refractivity contribution in [3.63, 3.8) is 0 Å². The number of aliphatic hydroxyl groups is 1. The van der Waals surface area contributed by atoms with Gasteiger partial charge in [0.05, 0.1) is 17.3 Å². The van der Waals surface area contributed by atoms with Gasteiger partial charge in [-0.25, -0.2) is 4.79 Å². The topological polar surface area (TPSA) is 55.8 Å². The molecular weight excluding hydrogens is 384 g/mol. The van der Waals surface area contributed by atoms with Gasteiger partial charge in [-0.3, -0.25) is 0 Å². The fraction of sp³-hybridized carbons (Fsp3) is 0.750. The summed E-state index contributed by atoms with van der Waals surface area (Å²) in [4.78, 5) is 12.2. The largest absolute Gasteiger partial charge is 0.450 e. The molecule has 5 atom stereocenters. The van der Waals surface area contributed by atoms with Gasteiger partial charge in [-0.2, -0.15) is 0 Å². The van der Waals surface area contributed by atoms with Crippen molar-refractivity contribution < 1.29 is 19.4 Å². The van der Waals surface area contributed by atoms with E-state index in [1.807, 2.05) is 13.8 Å². The number of esters is 1. The summed E-state index contributed by atoms with van der Waals surface area (Å²) in [6, 6.07) is 0. The maximum atomic E-state index is 12.0. The molecule has 0 radical (unpaired) electrons. The number of alkyl halides is 1. The Kier molecular flexibility index (Phi) is 5.22. The molecule has 5 heteroatoms. The number of carbonyl (C=O) groups excluding carboxylic acids is 1. The lowest BCUT2D eigenvalue weighted by atomic mass is 9.87. The van der Waals surface area contributed by atoms with Crippen LogP contribution in [0, 0.1) is 0 Å². The molecule has 4 nitrogen and oxygen atoms in total. The molecular formula is C20H29BrO4. The molecule has 2 bridgehead atoms. The van der Waals surface area contributed by atoms with E-state index >= 15 is 0 Å². The molecule has 0 aromatic heterocycles. The molecule has 0 spiro atoms. The summed E-state index contributed by atoms with van der Waals surface area (Å²) < 4.78 is 12.1. The van der Waals surface area contributed by atoms with Crippen molar-refractivity contribution in [3.8, 4) is 0 Å². The quantitative estimate of drug-likeness (QED) is 0.367. The summed E-state index contributed by atoms with van der Waals surface area (Å²) in [6.07, 6.45) is 6.36. The summed E-state index contributed by atoms with van der Waals surface area (Å²) in [5.74, 6) is -0.204. The van der Waals surface area contributed by atoms with E-state index in [0.717, 1.165) is 49.7 Å². The fourth-order valence-corrected chi connectivity index (χ4v) is 4.73. The van der Waals surface area contributed by atoms with Gasteiger partial charge >= 0.3 is 5.97 Å². The van der Waals surface area contributed by atoms with Crippen LogP contribution in [-0.2, 0) is 14.3 Å². The third kappa shape index (κ3) is 3.74. The van der Waals surface area contributed by atoms with Crippen LogP contribution in [0.15, 0.2) is 22.8 Å². The van der Waals surface area contributed by atoms with E-state index in [0.29, 0.717) is 0 Å². The Morgan fingerprint density at radius 1 is 1.20 bits per heavy atom. The van der Waals surface area contributed by atoms with E-state index in [2.05, 4.69) is 35.9 Å². The summed E-state index contributed by atoms with van der Waals surface area (Å²) in [5, 5.41) is 10.9. The first-order valence-corrected chi connectivity index (χ1v) is 10.2. The Labute approximate surface area is 158 Å². The molecule has 1 saturated heterocycles. The Bertz CT molecular complexity index is 621. The van der Waals surface area contributed by atoms with Crippen LogP contribution in [0.1, 0.15) is 66.2 Å². The van der Waals surface area contributed by atoms with Gasteiger partial charge in [-0.1, -0.05) is 21.5 Å². The Morgan fingerprint density at radius 2 is 1.92 bits per heavy atom. The molecule has 0 aromatic rings. The highest BCUT2D eigenvalue weighted by atomic mass is 79.9. The predicted octanol–water partition coefficient (Wildman–Crippen LogP) is 4.20. The van der Waals surface area contributed by atoms with Gasteiger partial charge in [-0.15, -0.1) is 0 Å². The smallest absolute Gasteiger partial charge is 0.334 e. The summed E-state index contributed by atoms with van der Waals surface area (Å²) in [5.41, 5.74) is 1.78. The second-order valence-corrected chi connectivity index (χ2v) is 9.42. The lowest BCUT2D eigenvalue weighted by Crippen LogP contribution is -2.46. The van der Waals surface area contributed by atoms with Gasteiger partial charge in [0, 0.05) is 10.4 Å². The summed E-state index contributed by atoms with van der Waals surface area (Å²) in [7, 11) is 0. The lowest BCUT2D eigenvalue weighted by Gasteiger charge is -2.38. The molecule has 0 saturated carbocycles. The fourth-order valence-electron chi connectivity index (χ4n) is 4.16. The van der Waals surface area contributed by atoms with Crippen LogP contribution >= 0.6 is 15.9 Å². The standard InChI is InChI=1S/C20H29BrO4/c1-12-5-6-17-19(3,23)9-8-16(21)20(4,25-17)10-7-14-13(2)18(22)24-15(14)11-12/h11,15-17,23H,5-10H2,1-4H3/b12-11+/t15-,16+,17+,19-,20-/m0/s1. The molecule has 0 unspecified atom stereocenters. The molecule has 140 valence electrons. The Hall–Kier alpha value is -0.650. The number of hydrogen-bond acceptors (Lipinski definition) is 4. The van der Waals surface area contributed by atoms with Crippen LogP contribution in [0.25, 0.3) is 0 Å². The minimum Gasteiger partial charge on any atom is -0.450 e. The van der Waals surface area contributed by atoms with Crippen LogP contribution in [0.3, 0.4) is 0 Å². The first-order valence-electron chi connectivity index (χ1n) is 9.24. The maximum absolute atomic E-state index is 12.0. The molecule has 1 N–H and O–H groups in total. The predicted molar refractivity (Wildman–Crippen MR) is 101 cm³/mol. The van der Waals surface area contributed by atoms with Gasteiger partial charge in [0.2, 0.25) is 0 Å². The zero-order valence-corrected chi connectivity index (χ0v) is 17.2. The molecule has 3 aliphatic rings. The first kappa shape index (κ1) is 19.1. The number of hydrogen-bond donors (Lipinski definition) is 1. The van der Waals surface area contributed by atoms with Gasteiger partial charge in [0.25, 0.3) is 0 Å². The van der Waals surface area contributed by atoms with E-state index in [4.69, 9.17) is 9.47 Å². The zero-order chi connectivity index (χ0) is 18.4. The number of ether oxygens (including phenoxy) is 2. The highest BCUT2D eigenvalue weighted by Gasteiger charge is 2.46. The van der Waals surface area contributed by atoms with Crippen LogP contribution in [0.4, 0.5) is 0 Å². The second kappa shape index (κ2) is 6.82. The van der Waals surface area contributed by atoms with E-state index in [-0.39, 0.29) is 28.6 Å². The Morgan fingerprint density at radius 3 is 2.64 bits per heavy atom. The van der Waals surface area contributed by atoms with Crippen molar-refractivity contribution in [1.82, 2.24) is 0 Å². The van der Waals surface area contributed by atoms with Crippen molar-refractivity contribution in [2.24, 2.45) is 0 Å². The van der Waals surface area contributed by atoms with E-state index in [9.17, 15) is 9.90 Å². The number of halogens is 1. The zero-order valence-electron chi connectivity index (χ0n) is 15.6. The van der Waals surface area contributed by atoms with Crippen LogP contribution < -0.4 is 0 Å². The number of rotatable bonds is 0. The monoisotopic (exact) mass is 412 g/mol. The summed E-state index contributed by atoms with van der Waals surface area (Å²) >= 11 is 3.81. The average molecular weight is 413 g/mol.